The van der Waals surface area contributed by atoms with Gasteiger partial charge in [-0.3, -0.25) is 0 Å². The fourth-order valence-corrected chi connectivity index (χ4v) is 2.19. The molecule has 2 aromatic heterocycles. The molecule has 0 radical (unpaired) electrons. The fraction of sp³-hybridized carbons (Fsp3) is 0.214. The lowest BCUT2D eigenvalue weighted by atomic mass is 10.2. The van der Waals surface area contributed by atoms with Crippen LogP contribution in [0.5, 0.6) is 0 Å². The number of nitrogens with one attached hydrogen (secondary N) is 3. The van der Waals surface area contributed by atoms with E-state index < -0.39 is 0 Å². The second-order valence-electron chi connectivity index (χ2n) is 4.67. The molecule has 0 fully saturated rings. The van der Waals surface area contributed by atoms with Crippen LogP contribution in [0.3, 0.4) is 0 Å². The van der Waals surface area contributed by atoms with E-state index >= 15 is 0 Å². The number of imidazole rings is 1. The van der Waals surface area contributed by atoms with Crippen molar-refractivity contribution in [2.75, 3.05) is 5.32 Å². The molecule has 0 bridgehead atoms. The average Bonchev–Trinajstić information content (AvgIpc) is 2.96. The predicted octanol–water partition coefficient (Wildman–Crippen LogP) is 2.49. The summed E-state index contributed by atoms with van der Waals surface area (Å²) in [7, 11) is 0. The number of aromatic amines is 2. The normalized spacial score (nSPS) is 12.7. The lowest BCUT2D eigenvalue weighted by molar-refractivity contribution is 0.498. The second-order valence-corrected chi connectivity index (χ2v) is 4.67. The Morgan fingerprint density at radius 3 is 2.89 bits per heavy atom. The first kappa shape index (κ1) is 11.6. The summed E-state index contributed by atoms with van der Waals surface area (Å²) in [5.74, 6) is 0.955. The molecule has 1 unspecified atom stereocenters. The van der Waals surface area contributed by atoms with Gasteiger partial charge in [0.25, 0.3) is 0 Å². The Morgan fingerprint density at radius 2 is 2.11 bits per heavy atom. The molecule has 0 amide bonds. The summed E-state index contributed by atoms with van der Waals surface area (Å²) in [5, 5.41) is 3.39. The maximum atomic E-state index is 11.2. The number of H-pyrrole nitrogens is 2. The molecule has 3 aromatic rings. The Labute approximate surface area is 109 Å². The van der Waals surface area contributed by atoms with Gasteiger partial charge >= 0.3 is 5.69 Å². The van der Waals surface area contributed by atoms with E-state index in [0.717, 1.165) is 28.9 Å². The Bertz CT molecular complexity index is 725. The molecule has 0 saturated carbocycles. The highest BCUT2D eigenvalue weighted by Gasteiger charge is 2.06. The van der Waals surface area contributed by atoms with Gasteiger partial charge in [-0.25, -0.2) is 4.79 Å². The van der Waals surface area contributed by atoms with Crippen LogP contribution in [0.25, 0.3) is 11.0 Å². The van der Waals surface area contributed by atoms with E-state index in [-0.39, 0.29) is 11.7 Å². The van der Waals surface area contributed by atoms with Crippen LogP contribution in [0.2, 0.25) is 0 Å². The van der Waals surface area contributed by atoms with Crippen molar-refractivity contribution in [3.05, 3.63) is 52.8 Å². The van der Waals surface area contributed by atoms with Crippen LogP contribution in [0.1, 0.15) is 12.7 Å². The molecule has 2 heterocycles. The summed E-state index contributed by atoms with van der Waals surface area (Å²) in [6.45, 7) is 2.09. The summed E-state index contributed by atoms with van der Waals surface area (Å²) in [6, 6.07) is 9.85. The third-order valence-corrected chi connectivity index (χ3v) is 3.02. The van der Waals surface area contributed by atoms with Crippen LogP contribution in [0.15, 0.2) is 45.8 Å². The minimum absolute atomic E-state index is 0.184. The number of fused-ring (bicyclic) bond motifs is 1. The molecular weight excluding hydrogens is 242 g/mol. The SMILES string of the molecule is CC(Cc1ccco1)Nc1ccc2[nH]c(=O)[nH]c2c1. The van der Waals surface area contributed by atoms with Crippen molar-refractivity contribution in [3.8, 4) is 0 Å². The quantitative estimate of drug-likeness (QED) is 0.672. The van der Waals surface area contributed by atoms with Crippen molar-refractivity contribution in [1.29, 1.82) is 0 Å². The monoisotopic (exact) mass is 257 g/mol. The summed E-state index contributed by atoms with van der Waals surface area (Å²) in [5.41, 5.74) is 2.41. The van der Waals surface area contributed by atoms with Gasteiger partial charge in [-0.1, -0.05) is 0 Å². The van der Waals surface area contributed by atoms with Crippen LogP contribution in [-0.4, -0.2) is 16.0 Å². The first-order valence-electron chi connectivity index (χ1n) is 6.22. The number of hydrogen-bond donors (Lipinski definition) is 3. The maximum Gasteiger partial charge on any atom is 0.323 e. The third-order valence-electron chi connectivity index (χ3n) is 3.02. The Balaban J connectivity index is 1.75. The molecule has 5 heteroatoms. The Morgan fingerprint density at radius 1 is 1.26 bits per heavy atom. The average molecular weight is 257 g/mol. The second kappa shape index (κ2) is 4.68. The smallest absolute Gasteiger partial charge is 0.323 e. The van der Waals surface area contributed by atoms with Gasteiger partial charge in [0.15, 0.2) is 0 Å². The van der Waals surface area contributed by atoms with Crippen molar-refractivity contribution in [2.45, 2.75) is 19.4 Å². The van der Waals surface area contributed by atoms with Crippen molar-refractivity contribution in [3.63, 3.8) is 0 Å². The zero-order valence-electron chi connectivity index (χ0n) is 10.6. The van der Waals surface area contributed by atoms with Gasteiger partial charge < -0.3 is 19.7 Å². The van der Waals surface area contributed by atoms with E-state index in [1.165, 1.54) is 0 Å². The number of anilines is 1. The minimum Gasteiger partial charge on any atom is -0.469 e. The Hall–Kier alpha value is -2.43. The van der Waals surface area contributed by atoms with Gasteiger partial charge in [0.2, 0.25) is 0 Å². The molecule has 0 saturated heterocycles. The summed E-state index contributed by atoms with van der Waals surface area (Å²) >= 11 is 0. The van der Waals surface area contributed by atoms with Crippen LogP contribution < -0.4 is 11.0 Å². The predicted molar refractivity (Wildman–Crippen MR) is 74.4 cm³/mol. The number of aromatic nitrogens is 2. The van der Waals surface area contributed by atoms with Crippen molar-refractivity contribution >= 4 is 16.7 Å². The van der Waals surface area contributed by atoms with E-state index in [4.69, 9.17) is 4.42 Å². The highest BCUT2D eigenvalue weighted by atomic mass is 16.3. The number of rotatable bonds is 4. The van der Waals surface area contributed by atoms with E-state index in [9.17, 15) is 4.79 Å². The van der Waals surface area contributed by atoms with E-state index in [0.29, 0.717) is 0 Å². The maximum absolute atomic E-state index is 11.2. The van der Waals surface area contributed by atoms with Gasteiger partial charge in [0, 0.05) is 18.2 Å². The molecule has 0 aliphatic heterocycles. The lowest BCUT2D eigenvalue weighted by Gasteiger charge is -2.13. The summed E-state index contributed by atoms with van der Waals surface area (Å²) in [6.07, 6.45) is 2.49. The molecule has 3 rings (SSSR count). The zero-order chi connectivity index (χ0) is 13.2. The van der Waals surface area contributed by atoms with Crippen LogP contribution in [0.4, 0.5) is 5.69 Å². The highest BCUT2D eigenvalue weighted by Crippen LogP contribution is 2.16. The van der Waals surface area contributed by atoms with Gasteiger partial charge in [-0.2, -0.15) is 0 Å². The van der Waals surface area contributed by atoms with Gasteiger partial charge in [-0.05, 0) is 37.3 Å². The largest absolute Gasteiger partial charge is 0.469 e. The van der Waals surface area contributed by atoms with Crippen molar-refractivity contribution < 1.29 is 4.42 Å². The molecule has 1 aromatic carbocycles. The van der Waals surface area contributed by atoms with Gasteiger partial charge in [0.05, 0.1) is 17.3 Å². The third kappa shape index (κ3) is 2.54. The van der Waals surface area contributed by atoms with Crippen LogP contribution in [-0.2, 0) is 6.42 Å². The van der Waals surface area contributed by atoms with Crippen LogP contribution in [0, 0.1) is 0 Å². The topological polar surface area (TPSA) is 73.8 Å². The van der Waals surface area contributed by atoms with Gasteiger partial charge in [0.1, 0.15) is 5.76 Å². The summed E-state index contributed by atoms with van der Waals surface area (Å²) < 4.78 is 5.32. The molecule has 1 atom stereocenters. The molecule has 98 valence electrons. The van der Waals surface area contributed by atoms with Gasteiger partial charge in [-0.15, -0.1) is 0 Å². The van der Waals surface area contributed by atoms with E-state index in [1.807, 2.05) is 30.3 Å². The van der Waals surface area contributed by atoms with Crippen LogP contribution >= 0.6 is 0 Å². The minimum atomic E-state index is -0.184. The first-order chi connectivity index (χ1) is 9.20. The first-order valence-corrected chi connectivity index (χ1v) is 6.22. The van der Waals surface area contributed by atoms with Crippen molar-refractivity contribution in [2.24, 2.45) is 0 Å². The number of hydrogen-bond acceptors (Lipinski definition) is 3. The molecule has 0 aliphatic carbocycles. The van der Waals surface area contributed by atoms with Crippen molar-refractivity contribution in [1.82, 2.24) is 9.97 Å². The standard InChI is InChI=1S/C14H15N3O2/c1-9(7-11-3-2-6-19-11)15-10-4-5-12-13(8-10)17-14(18)16-12/h2-6,8-9,15H,7H2,1H3,(H2,16,17,18). The fourth-order valence-electron chi connectivity index (χ4n) is 2.19. The zero-order valence-corrected chi connectivity index (χ0v) is 10.6. The van der Waals surface area contributed by atoms with E-state index in [1.54, 1.807) is 6.26 Å². The highest BCUT2D eigenvalue weighted by molar-refractivity contribution is 5.78. The molecule has 5 nitrogen and oxygen atoms in total. The molecular formula is C14H15N3O2. The molecule has 3 N–H and O–H groups in total. The Kier molecular flexibility index (Phi) is 2.87. The van der Waals surface area contributed by atoms with E-state index in [2.05, 4.69) is 22.2 Å². The molecule has 0 spiro atoms. The molecule has 19 heavy (non-hydrogen) atoms. The molecule has 0 aliphatic rings. The summed E-state index contributed by atoms with van der Waals surface area (Å²) in [4.78, 5) is 16.7. The lowest BCUT2D eigenvalue weighted by Crippen LogP contribution is -2.17. The number of furan rings is 1. The number of benzene rings is 1.